The first-order chi connectivity index (χ1) is 9.22. The van der Waals surface area contributed by atoms with Crippen LogP contribution in [0.3, 0.4) is 0 Å². The van der Waals surface area contributed by atoms with Crippen LogP contribution in [-0.2, 0) is 4.79 Å². The van der Waals surface area contributed by atoms with Crippen LogP contribution in [0.1, 0.15) is 34.8 Å². The molecule has 108 valence electrons. The zero-order valence-corrected chi connectivity index (χ0v) is 11.7. The van der Waals surface area contributed by atoms with Gasteiger partial charge in [-0.25, -0.2) is 0 Å². The van der Waals surface area contributed by atoms with Crippen molar-refractivity contribution in [3.05, 3.63) is 35.4 Å². The topological polar surface area (TPSA) is 96.9 Å². The Kier molecular flexibility index (Phi) is 6.27. The number of nitrogens with one attached hydrogen (secondary N) is 1. The van der Waals surface area contributed by atoms with E-state index in [9.17, 15) is 9.59 Å². The highest BCUT2D eigenvalue weighted by atomic mass is 35.5. The van der Waals surface area contributed by atoms with Crippen molar-refractivity contribution in [3.63, 3.8) is 0 Å². The number of azo groups is 1. The zero-order chi connectivity index (χ0) is 13.7. The van der Waals surface area contributed by atoms with E-state index in [-0.39, 0.29) is 30.3 Å². The van der Waals surface area contributed by atoms with Crippen LogP contribution in [0.15, 0.2) is 34.5 Å². The SMILES string of the molecule is Cl.NCCNC(=O)CCC1N=NC(=O)c2ccccc21. The largest absolute Gasteiger partial charge is 0.355 e. The predicted octanol–water partition coefficient (Wildman–Crippen LogP) is 1.61. The van der Waals surface area contributed by atoms with Crippen molar-refractivity contribution in [2.75, 3.05) is 13.1 Å². The quantitative estimate of drug-likeness (QED) is 0.863. The highest BCUT2D eigenvalue weighted by Crippen LogP contribution is 2.30. The molecule has 3 N–H and O–H groups in total. The van der Waals surface area contributed by atoms with Crippen LogP contribution < -0.4 is 11.1 Å². The summed E-state index contributed by atoms with van der Waals surface area (Å²) in [5, 5.41) is 10.3. The van der Waals surface area contributed by atoms with Gasteiger partial charge in [0.15, 0.2) is 0 Å². The Bertz CT molecular complexity index is 519. The molecule has 0 saturated heterocycles. The van der Waals surface area contributed by atoms with Gasteiger partial charge in [-0.05, 0) is 18.1 Å². The summed E-state index contributed by atoms with van der Waals surface area (Å²) in [4.78, 5) is 23.1. The number of benzene rings is 1. The maximum Gasteiger partial charge on any atom is 0.295 e. The van der Waals surface area contributed by atoms with Crippen molar-refractivity contribution >= 4 is 24.2 Å². The Morgan fingerprint density at radius 2 is 2.10 bits per heavy atom. The second kappa shape index (κ2) is 7.72. The number of carbonyl (C=O) groups excluding carboxylic acids is 2. The van der Waals surface area contributed by atoms with E-state index in [2.05, 4.69) is 15.5 Å². The van der Waals surface area contributed by atoms with Gasteiger partial charge < -0.3 is 11.1 Å². The Hall–Kier alpha value is -1.79. The van der Waals surface area contributed by atoms with Crippen LogP contribution in [0.5, 0.6) is 0 Å². The molecule has 0 aliphatic carbocycles. The van der Waals surface area contributed by atoms with E-state index in [4.69, 9.17) is 5.73 Å². The van der Waals surface area contributed by atoms with Gasteiger partial charge in [0.2, 0.25) is 5.91 Å². The van der Waals surface area contributed by atoms with Crippen molar-refractivity contribution in [2.45, 2.75) is 18.9 Å². The van der Waals surface area contributed by atoms with Crippen LogP contribution >= 0.6 is 12.4 Å². The smallest absolute Gasteiger partial charge is 0.295 e. The minimum atomic E-state index is -0.320. The molecular formula is C13H17ClN4O2. The molecule has 1 heterocycles. The molecule has 0 spiro atoms. The summed E-state index contributed by atoms with van der Waals surface area (Å²) < 4.78 is 0. The van der Waals surface area contributed by atoms with Crippen molar-refractivity contribution in [3.8, 4) is 0 Å². The van der Waals surface area contributed by atoms with E-state index < -0.39 is 0 Å². The maximum atomic E-state index is 11.6. The third kappa shape index (κ3) is 3.85. The van der Waals surface area contributed by atoms with Gasteiger partial charge >= 0.3 is 0 Å². The van der Waals surface area contributed by atoms with E-state index in [0.717, 1.165) is 5.56 Å². The Morgan fingerprint density at radius 3 is 2.85 bits per heavy atom. The zero-order valence-electron chi connectivity index (χ0n) is 10.9. The summed E-state index contributed by atoms with van der Waals surface area (Å²) in [6.07, 6.45) is 0.871. The summed E-state index contributed by atoms with van der Waals surface area (Å²) in [6.45, 7) is 0.895. The molecule has 1 aromatic carbocycles. The number of halogens is 1. The third-order valence-corrected chi connectivity index (χ3v) is 2.95. The summed E-state index contributed by atoms with van der Waals surface area (Å²) in [5.41, 5.74) is 6.72. The molecule has 0 radical (unpaired) electrons. The fourth-order valence-electron chi connectivity index (χ4n) is 2.00. The number of rotatable bonds is 5. The maximum absolute atomic E-state index is 11.6. The molecule has 1 atom stereocenters. The number of nitrogens with zero attached hydrogens (tertiary/aromatic N) is 2. The summed E-state index contributed by atoms with van der Waals surface area (Å²) in [5.74, 6) is -0.380. The van der Waals surface area contributed by atoms with Crippen molar-refractivity contribution in [1.82, 2.24) is 5.32 Å². The molecule has 6 nitrogen and oxygen atoms in total. The van der Waals surface area contributed by atoms with Gasteiger partial charge in [0.1, 0.15) is 0 Å². The lowest BCUT2D eigenvalue weighted by atomic mass is 9.96. The molecule has 2 amide bonds. The normalized spacial score (nSPS) is 16.2. The van der Waals surface area contributed by atoms with Crippen LogP contribution in [-0.4, -0.2) is 24.9 Å². The molecule has 0 fully saturated rings. The van der Waals surface area contributed by atoms with Crippen molar-refractivity contribution in [2.24, 2.45) is 16.0 Å². The molecule has 1 aliphatic rings. The average molecular weight is 297 g/mol. The molecule has 1 aliphatic heterocycles. The average Bonchev–Trinajstić information content (AvgIpc) is 2.45. The highest BCUT2D eigenvalue weighted by molar-refractivity contribution is 5.96. The minimum absolute atomic E-state index is 0. The minimum Gasteiger partial charge on any atom is -0.355 e. The van der Waals surface area contributed by atoms with Gasteiger partial charge in [0, 0.05) is 25.1 Å². The van der Waals surface area contributed by atoms with E-state index in [1.807, 2.05) is 12.1 Å². The molecule has 0 bridgehead atoms. The number of hydrogen-bond donors (Lipinski definition) is 2. The van der Waals surface area contributed by atoms with Crippen LogP contribution in [0.2, 0.25) is 0 Å². The fourth-order valence-corrected chi connectivity index (χ4v) is 2.00. The van der Waals surface area contributed by atoms with Gasteiger partial charge in [-0.3, -0.25) is 9.59 Å². The standard InChI is InChI=1S/C13H16N4O2.ClH/c14-7-8-15-12(18)6-5-11-9-3-1-2-4-10(9)13(19)17-16-11;/h1-4,11H,5-8,14H2,(H,15,18);1H. The van der Waals surface area contributed by atoms with Gasteiger partial charge in [-0.15, -0.1) is 17.5 Å². The van der Waals surface area contributed by atoms with Crippen LogP contribution in [0.4, 0.5) is 0 Å². The van der Waals surface area contributed by atoms with Crippen LogP contribution in [0.25, 0.3) is 0 Å². The number of carbonyl (C=O) groups is 2. The number of hydrogen-bond acceptors (Lipinski definition) is 4. The van der Waals surface area contributed by atoms with Gasteiger partial charge in [-0.2, -0.15) is 5.11 Å². The first kappa shape index (κ1) is 16.3. The molecule has 1 unspecified atom stereocenters. The third-order valence-electron chi connectivity index (χ3n) is 2.95. The van der Waals surface area contributed by atoms with E-state index in [1.54, 1.807) is 12.1 Å². The summed E-state index contributed by atoms with van der Waals surface area (Å²) in [7, 11) is 0. The second-order valence-corrected chi connectivity index (χ2v) is 4.30. The van der Waals surface area contributed by atoms with Gasteiger partial charge in [0.05, 0.1) is 6.04 Å². The number of nitrogens with two attached hydrogens (primary N) is 1. The molecular weight excluding hydrogens is 280 g/mol. The molecule has 20 heavy (non-hydrogen) atoms. The highest BCUT2D eigenvalue weighted by Gasteiger charge is 2.23. The van der Waals surface area contributed by atoms with Crippen LogP contribution in [0, 0.1) is 0 Å². The summed E-state index contributed by atoms with van der Waals surface area (Å²) in [6, 6.07) is 7.01. The molecule has 1 aromatic rings. The lowest BCUT2D eigenvalue weighted by molar-refractivity contribution is -0.121. The first-order valence-corrected chi connectivity index (χ1v) is 6.23. The lowest BCUT2D eigenvalue weighted by Gasteiger charge is -2.17. The number of amides is 2. The molecule has 0 saturated carbocycles. The molecule has 7 heteroatoms. The molecule has 2 rings (SSSR count). The van der Waals surface area contributed by atoms with Gasteiger partial charge in [0.25, 0.3) is 5.91 Å². The monoisotopic (exact) mass is 296 g/mol. The Balaban J connectivity index is 0.00000200. The lowest BCUT2D eigenvalue weighted by Crippen LogP contribution is -2.29. The van der Waals surface area contributed by atoms with E-state index >= 15 is 0 Å². The Labute approximate surface area is 123 Å². The number of fused-ring (bicyclic) bond motifs is 1. The summed E-state index contributed by atoms with van der Waals surface area (Å²) >= 11 is 0. The van der Waals surface area contributed by atoms with E-state index in [1.165, 1.54) is 0 Å². The van der Waals surface area contributed by atoms with Crippen molar-refractivity contribution in [1.29, 1.82) is 0 Å². The fraction of sp³-hybridized carbons (Fsp3) is 0.385. The van der Waals surface area contributed by atoms with Gasteiger partial charge in [-0.1, -0.05) is 18.2 Å². The molecule has 0 aromatic heterocycles. The first-order valence-electron chi connectivity index (χ1n) is 6.23. The second-order valence-electron chi connectivity index (χ2n) is 4.30. The van der Waals surface area contributed by atoms with Crippen molar-refractivity contribution < 1.29 is 9.59 Å². The predicted molar refractivity (Wildman–Crippen MR) is 76.9 cm³/mol. The van der Waals surface area contributed by atoms with E-state index in [0.29, 0.717) is 31.5 Å². The Morgan fingerprint density at radius 1 is 1.35 bits per heavy atom.